The fraction of sp³-hybridized carbons (Fsp3) is 0.133. The summed E-state index contributed by atoms with van der Waals surface area (Å²) < 4.78 is 5.31. The third-order valence-electron chi connectivity index (χ3n) is 2.89. The first-order valence-corrected chi connectivity index (χ1v) is 6.29. The van der Waals surface area contributed by atoms with Crippen LogP contribution in [0.4, 0.5) is 11.4 Å². The number of carbonyl (C=O) groups is 1. The molecule has 6 nitrogen and oxygen atoms in total. The Morgan fingerprint density at radius 3 is 2.57 bits per heavy atom. The maximum Gasteiger partial charge on any atom is 0.274 e. The van der Waals surface area contributed by atoms with Crippen molar-refractivity contribution in [2.45, 2.75) is 6.92 Å². The van der Waals surface area contributed by atoms with E-state index in [4.69, 9.17) is 4.74 Å². The minimum Gasteiger partial charge on any atom is -0.484 e. The second kappa shape index (κ2) is 6.51. The van der Waals surface area contributed by atoms with Crippen LogP contribution in [-0.4, -0.2) is 17.4 Å². The maximum atomic E-state index is 11.8. The van der Waals surface area contributed by atoms with E-state index in [1.165, 1.54) is 12.1 Å². The molecule has 0 aliphatic carbocycles. The molecule has 2 aromatic carbocycles. The van der Waals surface area contributed by atoms with Crippen molar-refractivity contribution in [3.63, 3.8) is 0 Å². The van der Waals surface area contributed by atoms with Gasteiger partial charge in [-0.3, -0.25) is 14.9 Å². The number of nitro groups is 1. The Bertz CT molecular complexity index is 656. The number of benzene rings is 2. The second-order valence-electron chi connectivity index (χ2n) is 4.36. The van der Waals surface area contributed by atoms with Crippen LogP contribution >= 0.6 is 0 Å². The van der Waals surface area contributed by atoms with E-state index < -0.39 is 4.92 Å². The monoisotopic (exact) mass is 286 g/mol. The van der Waals surface area contributed by atoms with Gasteiger partial charge in [0.15, 0.2) is 6.61 Å². The van der Waals surface area contributed by atoms with Gasteiger partial charge in [0.25, 0.3) is 11.6 Å². The van der Waals surface area contributed by atoms with E-state index in [1.807, 2.05) is 6.07 Å². The van der Waals surface area contributed by atoms with Gasteiger partial charge in [-0.15, -0.1) is 0 Å². The van der Waals surface area contributed by atoms with Crippen molar-refractivity contribution in [3.8, 4) is 5.75 Å². The predicted octanol–water partition coefficient (Wildman–Crippen LogP) is 2.92. The van der Waals surface area contributed by atoms with Crippen molar-refractivity contribution in [1.82, 2.24) is 0 Å². The molecule has 0 radical (unpaired) electrons. The standard InChI is InChI=1S/C15H14N2O4/c1-11-13(8-5-9-14(11)17(19)20)16-15(18)10-21-12-6-3-2-4-7-12/h2-9H,10H2,1H3,(H,16,18). The largest absolute Gasteiger partial charge is 0.484 e. The van der Waals surface area contributed by atoms with Gasteiger partial charge in [0.1, 0.15) is 5.75 Å². The van der Waals surface area contributed by atoms with Crippen LogP contribution in [0, 0.1) is 17.0 Å². The number of amides is 1. The first kappa shape index (κ1) is 14.5. The second-order valence-corrected chi connectivity index (χ2v) is 4.36. The smallest absolute Gasteiger partial charge is 0.274 e. The molecule has 0 fully saturated rings. The minimum atomic E-state index is -0.481. The number of ether oxygens (including phenoxy) is 1. The lowest BCUT2D eigenvalue weighted by Crippen LogP contribution is -2.20. The number of rotatable bonds is 5. The zero-order valence-corrected chi connectivity index (χ0v) is 11.4. The zero-order chi connectivity index (χ0) is 15.2. The van der Waals surface area contributed by atoms with Crippen molar-refractivity contribution >= 4 is 17.3 Å². The summed E-state index contributed by atoms with van der Waals surface area (Å²) in [5.41, 5.74) is 0.790. The predicted molar refractivity (Wildman–Crippen MR) is 78.4 cm³/mol. The number of para-hydroxylation sites is 1. The van der Waals surface area contributed by atoms with Gasteiger partial charge < -0.3 is 10.1 Å². The van der Waals surface area contributed by atoms with Crippen LogP contribution in [0.25, 0.3) is 0 Å². The van der Waals surface area contributed by atoms with Crippen LogP contribution in [0.2, 0.25) is 0 Å². The van der Waals surface area contributed by atoms with E-state index >= 15 is 0 Å². The number of hydrogen-bond acceptors (Lipinski definition) is 4. The highest BCUT2D eigenvalue weighted by atomic mass is 16.6. The fourth-order valence-electron chi connectivity index (χ4n) is 1.81. The summed E-state index contributed by atoms with van der Waals surface area (Å²) in [7, 11) is 0. The number of carbonyl (C=O) groups excluding carboxylic acids is 1. The topological polar surface area (TPSA) is 81.5 Å². The lowest BCUT2D eigenvalue weighted by atomic mass is 10.1. The Balaban J connectivity index is 2.00. The molecule has 1 amide bonds. The zero-order valence-electron chi connectivity index (χ0n) is 11.4. The van der Waals surface area contributed by atoms with E-state index in [0.717, 1.165) is 0 Å². The molecular weight excluding hydrogens is 272 g/mol. The van der Waals surface area contributed by atoms with E-state index in [0.29, 0.717) is 17.0 Å². The van der Waals surface area contributed by atoms with E-state index in [2.05, 4.69) is 5.32 Å². The SMILES string of the molecule is Cc1c(NC(=O)COc2ccccc2)cccc1[N+](=O)[O-]. The van der Waals surface area contributed by atoms with Crippen LogP contribution in [0.5, 0.6) is 5.75 Å². The Morgan fingerprint density at radius 2 is 1.90 bits per heavy atom. The van der Waals surface area contributed by atoms with Crippen molar-refractivity contribution in [1.29, 1.82) is 0 Å². The summed E-state index contributed by atoms with van der Waals surface area (Å²) in [5.74, 6) is 0.214. The van der Waals surface area contributed by atoms with Crippen molar-refractivity contribution in [3.05, 3.63) is 64.2 Å². The summed E-state index contributed by atoms with van der Waals surface area (Å²) in [6.07, 6.45) is 0. The fourth-order valence-corrected chi connectivity index (χ4v) is 1.81. The molecule has 0 heterocycles. The van der Waals surface area contributed by atoms with E-state index in [-0.39, 0.29) is 18.2 Å². The van der Waals surface area contributed by atoms with Gasteiger partial charge in [-0.25, -0.2) is 0 Å². The summed E-state index contributed by atoms with van der Waals surface area (Å²) in [4.78, 5) is 22.2. The van der Waals surface area contributed by atoms with Gasteiger partial charge in [-0.1, -0.05) is 24.3 Å². The number of nitrogens with zero attached hydrogens (tertiary/aromatic N) is 1. The molecular formula is C15H14N2O4. The van der Waals surface area contributed by atoms with Crippen LogP contribution in [0.15, 0.2) is 48.5 Å². The molecule has 0 aliphatic heterocycles. The molecule has 1 N–H and O–H groups in total. The molecule has 0 aliphatic rings. The lowest BCUT2D eigenvalue weighted by molar-refractivity contribution is -0.385. The third kappa shape index (κ3) is 3.79. The highest BCUT2D eigenvalue weighted by Gasteiger charge is 2.14. The average Bonchev–Trinajstić information content (AvgIpc) is 2.48. The molecule has 0 bridgehead atoms. The molecule has 0 aromatic heterocycles. The van der Waals surface area contributed by atoms with Gasteiger partial charge in [-0.2, -0.15) is 0 Å². The van der Waals surface area contributed by atoms with Gasteiger partial charge in [0.2, 0.25) is 0 Å². The minimum absolute atomic E-state index is 0.0308. The molecule has 108 valence electrons. The Labute approximate surface area is 121 Å². The van der Waals surface area contributed by atoms with Gasteiger partial charge in [-0.05, 0) is 25.1 Å². The van der Waals surface area contributed by atoms with Crippen molar-refractivity contribution in [2.75, 3.05) is 11.9 Å². The Morgan fingerprint density at radius 1 is 1.19 bits per heavy atom. The molecule has 21 heavy (non-hydrogen) atoms. The number of anilines is 1. The number of hydrogen-bond donors (Lipinski definition) is 1. The van der Waals surface area contributed by atoms with Crippen molar-refractivity contribution in [2.24, 2.45) is 0 Å². The molecule has 0 atom stereocenters. The summed E-state index contributed by atoms with van der Waals surface area (Å²) in [6, 6.07) is 13.5. The highest BCUT2D eigenvalue weighted by Crippen LogP contribution is 2.24. The average molecular weight is 286 g/mol. The summed E-state index contributed by atoms with van der Waals surface area (Å²) >= 11 is 0. The van der Waals surface area contributed by atoms with E-state index in [1.54, 1.807) is 37.3 Å². The lowest BCUT2D eigenvalue weighted by Gasteiger charge is -2.09. The molecule has 0 unspecified atom stereocenters. The number of nitrogens with one attached hydrogen (secondary N) is 1. The molecule has 6 heteroatoms. The van der Waals surface area contributed by atoms with Gasteiger partial charge in [0.05, 0.1) is 16.2 Å². The normalized spacial score (nSPS) is 9.95. The number of nitro benzene ring substituents is 1. The van der Waals surface area contributed by atoms with Crippen LogP contribution in [-0.2, 0) is 4.79 Å². The van der Waals surface area contributed by atoms with Crippen LogP contribution < -0.4 is 10.1 Å². The van der Waals surface area contributed by atoms with Gasteiger partial charge >= 0.3 is 0 Å². The third-order valence-corrected chi connectivity index (χ3v) is 2.89. The molecule has 2 aromatic rings. The first-order valence-electron chi connectivity index (χ1n) is 6.29. The van der Waals surface area contributed by atoms with Crippen molar-refractivity contribution < 1.29 is 14.5 Å². The first-order chi connectivity index (χ1) is 10.1. The Hall–Kier alpha value is -2.89. The van der Waals surface area contributed by atoms with E-state index in [9.17, 15) is 14.9 Å². The highest BCUT2D eigenvalue weighted by molar-refractivity contribution is 5.93. The summed E-state index contributed by atoms with van der Waals surface area (Å²) in [5, 5.41) is 13.4. The molecule has 0 saturated carbocycles. The van der Waals surface area contributed by atoms with Crippen LogP contribution in [0.3, 0.4) is 0 Å². The van der Waals surface area contributed by atoms with Crippen LogP contribution in [0.1, 0.15) is 5.56 Å². The molecule has 2 rings (SSSR count). The molecule has 0 spiro atoms. The maximum absolute atomic E-state index is 11.8. The Kier molecular flexibility index (Phi) is 4.50. The van der Waals surface area contributed by atoms with Gasteiger partial charge in [0, 0.05) is 6.07 Å². The summed E-state index contributed by atoms with van der Waals surface area (Å²) in [6.45, 7) is 1.43. The molecule has 0 saturated heterocycles. The quantitative estimate of drug-likeness (QED) is 0.676.